The van der Waals surface area contributed by atoms with Crippen LogP contribution < -0.4 is 0 Å². The Morgan fingerprint density at radius 1 is 1.38 bits per heavy atom. The summed E-state index contributed by atoms with van der Waals surface area (Å²) in [5.74, 6) is -0.741. The fourth-order valence-corrected chi connectivity index (χ4v) is 2.97. The number of rotatable bonds is 3. The van der Waals surface area contributed by atoms with Crippen LogP contribution in [0.5, 0.6) is 0 Å². The van der Waals surface area contributed by atoms with Crippen molar-refractivity contribution in [2.75, 3.05) is 26.7 Å². The number of benzene rings is 1. The van der Waals surface area contributed by atoms with Gasteiger partial charge < -0.3 is 9.80 Å². The zero-order chi connectivity index (χ0) is 15.2. The molecule has 1 aliphatic rings. The van der Waals surface area contributed by atoms with E-state index in [2.05, 4.69) is 24.9 Å². The molecule has 1 aliphatic heterocycles. The van der Waals surface area contributed by atoms with Gasteiger partial charge >= 0.3 is 0 Å². The SMILES string of the molecule is CCC1CN(C)CCCN1C(=O)C(C#N)c1ccccc1. The van der Waals surface area contributed by atoms with Crippen LogP contribution in [0.4, 0.5) is 0 Å². The van der Waals surface area contributed by atoms with Crippen LogP contribution in [0.2, 0.25) is 0 Å². The Hall–Kier alpha value is -1.86. The van der Waals surface area contributed by atoms with Gasteiger partial charge in [-0.1, -0.05) is 37.3 Å². The quantitative estimate of drug-likeness (QED) is 0.855. The molecule has 4 nitrogen and oxygen atoms in total. The summed E-state index contributed by atoms with van der Waals surface area (Å²) in [6.07, 6.45) is 1.88. The van der Waals surface area contributed by atoms with Crippen LogP contribution in [0.1, 0.15) is 31.2 Å². The van der Waals surface area contributed by atoms with Gasteiger partial charge in [0.25, 0.3) is 0 Å². The smallest absolute Gasteiger partial charge is 0.244 e. The number of carbonyl (C=O) groups excluding carboxylic acids is 1. The Kier molecular flexibility index (Phi) is 5.35. The van der Waals surface area contributed by atoms with Gasteiger partial charge in [-0.2, -0.15) is 5.26 Å². The second-order valence-electron chi connectivity index (χ2n) is 5.68. The van der Waals surface area contributed by atoms with Crippen molar-refractivity contribution in [1.82, 2.24) is 9.80 Å². The molecular weight excluding hydrogens is 262 g/mol. The van der Waals surface area contributed by atoms with E-state index in [0.717, 1.165) is 38.0 Å². The van der Waals surface area contributed by atoms with Crippen LogP contribution in [-0.4, -0.2) is 48.4 Å². The molecule has 2 rings (SSSR count). The van der Waals surface area contributed by atoms with Gasteiger partial charge in [-0.15, -0.1) is 0 Å². The maximum atomic E-state index is 12.8. The van der Waals surface area contributed by atoms with Crippen molar-refractivity contribution in [3.8, 4) is 6.07 Å². The standard InChI is InChI=1S/C17H23N3O/c1-3-15-13-19(2)10-7-11-20(15)17(21)16(12-18)14-8-5-4-6-9-14/h4-6,8-9,15-16H,3,7,10-11,13H2,1-2H3. The molecule has 0 aliphatic carbocycles. The van der Waals surface area contributed by atoms with Crippen molar-refractivity contribution in [3.63, 3.8) is 0 Å². The Balaban J connectivity index is 2.22. The number of amides is 1. The van der Waals surface area contributed by atoms with E-state index in [9.17, 15) is 10.1 Å². The molecule has 0 radical (unpaired) electrons. The fraction of sp³-hybridized carbons (Fsp3) is 0.529. The molecule has 0 bridgehead atoms. The van der Waals surface area contributed by atoms with E-state index in [1.165, 1.54) is 0 Å². The van der Waals surface area contributed by atoms with Crippen molar-refractivity contribution in [2.24, 2.45) is 0 Å². The largest absolute Gasteiger partial charge is 0.337 e. The van der Waals surface area contributed by atoms with Gasteiger partial charge in [0.05, 0.1) is 6.07 Å². The number of nitrogens with zero attached hydrogens (tertiary/aromatic N) is 3. The van der Waals surface area contributed by atoms with Gasteiger partial charge in [-0.25, -0.2) is 0 Å². The maximum absolute atomic E-state index is 12.8. The van der Waals surface area contributed by atoms with Gasteiger partial charge in [-0.05, 0) is 32.0 Å². The fourth-order valence-electron chi connectivity index (χ4n) is 2.97. The molecule has 1 saturated heterocycles. The number of nitriles is 1. The molecule has 0 aromatic heterocycles. The lowest BCUT2D eigenvalue weighted by molar-refractivity contribution is -0.133. The lowest BCUT2D eigenvalue weighted by Gasteiger charge is -2.31. The number of hydrogen-bond acceptors (Lipinski definition) is 3. The highest BCUT2D eigenvalue weighted by Crippen LogP contribution is 2.22. The molecule has 1 heterocycles. The molecule has 1 aromatic carbocycles. The number of carbonyl (C=O) groups is 1. The Morgan fingerprint density at radius 3 is 2.71 bits per heavy atom. The molecule has 2 atom stereocenters. The minimum Gasteiger partial charge on any atom is -0.337 e. The summed E-state index contributed by atoms with van der Waals surface area (Å²) in [4.78, 5) is 17.0. The molecule has 4 heteroatoms. The predicted molar refractivity (Wildman–Crippen MR) is 82.7 cm³/mol. The van der Waals surface area contributed by atoms with Crippen molar-refractivity contribution < 1.29 is 4.79 Å². The highest BCUT2D eigenvalue weighted by Gasteiger charge is 2.31. The highest BCUT2D eigenvalue weighted by atomic mass is 16.2. The molecule has 0 spiro atoms. The normalized spacial score (nSPS) is 21.4. The lowest BCUT2D eigenvalue weighted by atomic mass is 9.98. The van der Waals surface area contributed by atoms with E-state index in [0.29, 0.717) is 0 Å². The molecule has 2 unspecified atom stereocenters. The number of hydrogen-bond donors (Lipinski definition) is 0. The molecular formula is C17H23N3O. The summed E-state index contributed by atoms with van der Waals surface area (Å²) < 4.78 is 0. The maximum Gasteiger partial charge on any atom is 0.244 e. The summed E-state index contributed by atoms with van der Waals surface area (Å²) >= 11 is 0. The summed E-state index contributed by atoms with van der Waals surface area (Å²) in [5.41, 5.74) is 0.789. The van der Waals surface area contributed by atoms with Gasteiger partial charge in [-0.3, -0.25) is 4.79 Å². The van der Waals surface area contributed by atoms with Crippen molar-refractivity contribution in [3.05, 3.63) is 35.9 Å². The van der Waals surface area contributed by atoms with Crippen LogP contribution in [0, 0.1) is 11.3 Å². The Morgan fingerprint density at radius 2 is 2.10 bits per heavy atom. The molecule has 1 fully saturated rings. The van der Waals surface area contributed by atoms with Gasteiger partial charge in [0.2, 0.25) is 5.91 Å². The number of likely N-dealkylation sites (N-methyl/N-ethyl adjacent to an activating group) is 1. The summed E-state index contributed by atoms with van der Waals surface area (Å²) in [5, 5.41) is 9.45. The molecule has 0 saturated carbocycles. The van der Waals surface area contributed by atoms with E-state index >= 15 is 0 Å². The van der Waals surface area contributed by atoms with Gasteiger partial charge in [0.1, 0.15) is 5.92 Å². The summed E-state index contributed by atoms with van der Waals surface area (Å²) in [7, 11) is 2.09. The summed E-state index contributed by atoms with van der Waals surface area (Å²) in [6.45, 7) is 4.73. The van der Waals surface area contributed by atoms with Crippen LogP contribution in [0.15, 0.2) is 30.3 Å². The van der Waals surface area contributed by atoms with Crippen LogP contribution in [0.25, 0.3) is 0 Å². The third-order valence-electron chi connectivity index (χ3n) is 4.17. The van der Waals surface area contributed by atoms with Crippen LogP contribution >= 0.6 is 0 Å². The van der Waals surface area contributed by atoms with Crippen LogP contribution in [0.3, 0.4) is 0 Å². The third kappa shape index (κ3) is 3.62. The molecule has 1 amide bonds. The lowest BCUT2D eigenvalue weighted by Crippen LogP contribution is -2.45. The van der Waals surface area contributed by atoms with Crippen molar-refractivity contribution >= 4 is 5.91 Å². The van der Waals surface area contributed by atoms with E-state index in [-0.39, 0.29) is 11.9 Å². The predicted octanol–water partition coefficient (Wildman–Crippen LogP) is 2.24. The second-order valence-corrected chi connectivity index (χ2v) is 5.68. The van der Waals surface area contributed by atoms with Gasteiger partial charge in [0, 0.05) is 19.1 Å². The highest BCUT2D eigenvalue weighted by molar-refractivity contribution is 5.86. The monoisotopic (exact) mass is 285 g/mol. The first-order valence-electron chi connectivity index (χ1n) is 7.61. The van der Waals surface area contributed by atoms with E-state index in [1.807, 2.05) is 35.2 Å². The first-order valence-corrected chi connectivity index (χ1v) is 7.61. The van der Waals surface area contributed by atoms with E-state index in [1.54, 1.807) is 0 Å². The Bertz CT molecular complexity index is 509. The first-order chi connectivity index (χ1) is 10.2. The van der Waals surface area contributed by atoms with Crippen LogP contribution in [-0.2, 0) is 4.79 Å². The summed E-state index contributed by atoms with van der Waals surface area (Å²) in [6, 6.07) is 11.8. The van der Waals surface area contributed by atoms with Crippen molar-refractivity contribution in [2.45, 2.75) is 31.7 Å². The second kappa shape index (κ2) is 7.24. The molecule has 112 valence electrons. The zero-order valence-electron chi connectivity index (χ0n) is 12.8. The average molecular weight is 285 g/mol. The van der Waals surface area contributed by atoms with Crippen molar-refractivity contribution in [1.29, 1.82) is 5.26 Å². The third-order valence-corrected chi connectivity index (χ3v) is 4.17. The molecule has 21 heavy (non-hydrogen) atoms. The first kappa shape index (κ1) is 15.5. The minimum atomic E-state index is -0.691. The molecule has 0 N–H and O–H groups in total. The topological polar surface area (TPSA) is 47.3 Å². The molecule has 1 aromatic rings. The van der Waals surface area contributed by atoms with E-state index < -0.39 is 5.92 Å². The zero-order valence-corrected chi connectivity index (χ0v) is 12.8. The van der Waals surface area contributed by atoms with E-state index in [4.69, 9.17) is 0 Å². The minimum absolute atomic E-state index is 0.0501. The average Bonchev–Trinajstić information content (AvgIpc) is 2.70. The van der Waals surface area contributed by atoms with Gasteiger partial charge in [0.15, 0.2) is 0 Å². The Labute approximate surface area is 127 Å².